The quantitative estimate of drug-likeness (QED) is 0.833. The summed E-state index contributed by atoms with van der Waals surface area (Å²) in [6.07, 6.45) is 4.66. The van der Waals surface area contributed by atoms with E-state index < -0.39 is 0 Å². The number of ether oxygens (including phenoxy) is 1. The van der Waals surface area contributed by atoms with Gasteiger partial charge in [0, 0.05) is 12.5 Å². The molecule has 2 atom stereocenters. The highest BCUT2D eigenvalue weighted by Crippen LogP contribution is 2.24. The molecule has 0 heterocycles. The molecule has 0 bridgehead atoms. The van der Waals surface area contributed by atoms with Crippen LogP contribution in [0.5, 0.6) is 5.75 Å². The van der Waals surface area contributed by atoms with Crippen LogP contribution in [0.3, 0.4) is 0 Å². The molecular formula is C16H24N2O2. The van der Waals surface area contributed by atoms with Gasteiger partial charge in [-0.2, -0.15) is 0 Å². The molecule has 0 spiro atoms. The van der Waals surface area contributed by atoms with Crippen LogP contribution in [0.2, 0.25) is 0 Å². The van der Waals surface area contributed by atoms with Crippen molar-refractivity contribution < 1.29 is 9.53 Å². The van der Waals surface area contributed by atoms with Gasteiger partial charge >= 0.3 is 0 Å². The molecule has 0 saturated heterocycles. The minimum atomic E-state index is 0.131. The second kappa shape index (κ2) is 7.29. The normalized spacial score (nSPS) is 21.7. The molecule has 1 aromatic carbocycles. The van der Waals surface area contributed by atoms with E-state index in [2.05, 4.69) is 5.32 Å². The molecule has 2 rings (SSSR count). The van der Waals surface area contributed by atoms with Crippen LogP contribution in [0.15, 0.2) is 24.3 Å². The Bertz CT molecular complexity index is 431. The summed E-state index contributed by atoms with van der Waals surface area (Å²) in [6, 6.07) is 8.14. The first-order valence-electron chi connectivity index (χ1n) is 7.35. The number of hydrogen-bond donors (Lipinski definition) is 2. The first-order valence-corrected chi connectivity index (χ1v) is 7.35. The van der Waals surface area contributed by atoms with Gasteiger partial charge in [-0.1, -0.05) is 18.6 Å². The van der Waals surface area contributed by atoms with Crippen molar-refractivity contribution in [2.75, 3.05) is 13.7 Å². The molecule has 0 radical (unpaired) electrons. The molecule has 1 aliphatic rings. The summed E-state index contributed by atoms with van der Waals surface area (Å²) >= 11 is 0. The molecule has 20 heavy (non-hydrogen) atoms. The molecule has 0 aromatic heterocycles. The number of hydrogen-bond acceptors (Lipinski definition) is 3. The molecule has 2 unspecified atom stereocenters. The maximum absolute atomic E-state index is 12.0. The van der Waals surface area contributed by atoms with Gasteiger partial charge in [-0.3, -0.25) is 4.79 Å². The SMILES string of the molecule is COc1ccc(CCC(=O)NC2CCCC2CN)cc1. The van der Waals surface area contributed by atoms with E-state index in [-0.39, 0.29) is 11.9 Å². The third kappa shape index (κ3) is 3.97. The van der Waals surface area contributed by atoms with Crippen LogP contribution >= 0.6 is 0 Å². The van der Waals surface area contributed by atoms with Gasteiger partial charge in [-0.05, 0) is 49.4 Å². The summed E-state index contributed by atoms with van der Waals surface area (Å²) in [4.78, 5) is 12.0. The zero-order chi connectivity index (χ0) is 14.4. The van der Waals surface area contributed by atoms with Gasteiger partial charge in [0.25, 0.3) is 0 Å². The molecule has 1 fully saturated rings. The Hall–Kier alpha value is -1.55. The van der Waals surface area contributed by atoms with E-state index in [1.54, 1.807) is 7.11 Å². The first-order chi connectivity index (χ1) is 9.72. The third-order valence-electron chi connectivity index (χ3n) is 4.11. The predicted octanol–water partition coefficient (Wildman–Crippen LogP) is 1.87. The zero-order valence-electron chi connectivity index (χ0n) is 12.1. The standard InChI is InChI=1S/C16H24N2O2/c1-20-14-8-5-12(6-9-14)7-10-16(19)18-15-4-2-3-13(15)11-17/h5-6,8-9,13,15H,2-4,7,10-11,17H2,1H3,(H,18,19). The molecule has 4 nitrogen and oxygen atoms in total. The van der Waals surface area contributed by atoms with Crippen molar-refractivity contribution in [2.45, 2.75) is 38.1 Å². The van der Waals surface area contributed by atoms with Gasteiger partial charge in [0.1, 0.15) is 5.75 Å². The maximum atomic E-state index is 12.0. The fraction of sp³-hybridized carbons (Fsp3) is 0.562. The Balaban J connectivity index is 1.76. The first kappa shape index (κ1) is 14.9. The van der Waals surface area contributed by atoms with Crippen LogP contribution < -0.4 is 15.8 Å². The van der Waals surface area contributed by atoms with E-state index in [0.29, 0.717) is 18.9 Å². The minimum Gasteiger partial charge on any atom is -0.497 e. The lowest BCUT2D eigenvalue weighted by atomic mass is 10.0. The number of benzene rings is 1. The Morgan fingerprint density at radius 3 is 2.75 bits per heavy atom. The van der Waals surface area contributed by atoms with Crippen molar-refractivity contribution in [1.29, 1.82) is 0 Å². The maximum Gasteiger partial charge on any atom is 0.220 e. The average molecular weight is 276 g/mol. The van der Waals surface area contributed by atoms with E-state index in [9.17, 15) is 4.79 Å². The van der Waals surface area contributed by atoms with Gasteiger partial charge in [0.15, 0.2) is 0 Å². The van der Waals surface area contributed by atoms with Crippen LogP contribution in [0.25, 0.3) is 0 Å². The summed E-state index contributed by atoms with van der Waals surface area (Å²) in [5, 5.41) is 3.13. The lowest BCUT2D eigenvalue weighted by Gasteiger charge is -2.19. The van der Waals surface area contributed by atoms with Gasteiger partial charge in [-0.15, -0.1) is 0 Å². The Kier molecular flexibility index (Phi) is 5.41. The molecule has 3 N–H and O–H groups in total. The zero-order valence-corrected chi connectivity index (χ0v) is 12.1. The van der Waals surface area contributed by atoms with Gasteiger partial charge < -0.3 is 15.8 Å². The second-order valence-electron chi connectivity index (χ2n) is 5.45. The summed E-state index contributed by atoms with van der Waals surface area (Å²) in [6.45, 7) is 0.670. The van der Waals surface area contributed by atoms with E-state index in [1.807, 2.05) is 24.3 Å². The summed E-state index contributed by atoms with van der Waals surface area (Å²) in [7, 11) is 1.65. The topological polar surface area (TPSA) is 64.3 Å². The van der Waals surface area contributed by atoms with Crippen LogP contribution in [0.1, 0.15) is 31.2 Å². The highest BCUT2D eigenvalue weighted by molar-refractivity contribution is 5.76. The monoisotopic (exact) mass is 276 g/mol. The minimum absolute atomic E-state index is 0.131. The van der Waals surface area contributed by atoms with Crippen LogP contribution in [0.4, 0.5) is 0 Å². The van der Waals surface area contributed by atoms with Crippen LogP contribution in [-0.2, 0) is 11.2 Å². The number of methoxy groups -OCH3 is 1. The van der Waals surface area contributed by atoms with Gasteiger partial charge in [0.2, 0.25) is 5.91 Å². The van der Waals surface area contributed by atoms with Crippen LogP contribution in [-0.4, -0.2) is 25.6 Å². The highest BCUT2D eigenvalue weighted by atomic mass is 16.5. The molecule has 1 aliphatic carbocycles. The number of carbonyl (C=O) groups excluding carboxylic acids is 1. The van der Waals surface area contributed by atoms with Gasteiger partial charge in [-0.25, -0.2) is 0 Å². The summed E-state index contributed by atoms with van der Waals surface area (Å²) in [5.74, 6) is 1.43. The third-order valence-corrected chi connectivity index (χ3v) is 4.11. The molecule has 110 valence electrons. The smallest absolute Gasteiger partial charge is 0.220 e. The Morgan fingerprint density at radius 1 is 1.35 bits per heavy atom. The summed E-state index contributed by atoms with van der Waals surface area (Å²) < 4.78 is 5.12. The van der Waals surface area contributed by atoms with E-state index in [4.69, 9.17) is 10.5 Å². The van der Waals surface area contributed by atoms with Crippen molar-refractivity contribution in [1.82, 2.24) is 5.32 Å². The van der Waals surface area contributed by atoms with Crippen molar-refractivity contribution in [3.63, 3.8) is 0 Å². The number of nitrogens with one attached hydrogen (secondary N) is 1. The molecule has 1 aromatic rings. The molecule has 4 heteroatoms. The van der Waals surface area contributed by atoms with Crippen molar-refractivity contribution in [3.05, 3.63) is 29.8 Å². The van der Waals surface area contributed by atoms with Gasteiger partial charge in [0.05, 0.1) is 7.11 Å². The fourth-order valence-corrected chi connectivity index (χ4v) is 2.84. The van der Waals surface area contributed by atoms with Crippen molar-refractivity contribution in [2.24, 2.45) is 11.7 Å². The highest BCUT2D eigenvalue weighted by Gasteiger charge is 2.26. The molecule has 1 saturated carbocycles. The van der Waals surface area contributed by atoms with Crippen LogP contribution in [0, 0.1) is 5.92 Å². The largest absolute Gasteiger partial charge is 0.497 e. The number of nitrogens with two attached hydrogens (primary N) is 1. The number of amides is 1. The molecule has 1 amide bonds. The Labute approximate surface area is 120 Å². The van der Waals surface area contributed by atoms with Crippen molar-refractivity contribution >= 4 is 5.91 Å². The van der Waals surface area contributed by atoms with E-state index >= 15 is 0 Å². The predicted molar refractivity (Wildman–Crippen MR) is 79.6 cm³/mol. The van der Waals surface area contributed by atoms with E-state index in [1.165, 1.54) is 6.42 Å². The molecule has 0 aliphatic heterocycles. The lowest BCUT2D eigenvalue weighted by Crippen LogP contribution is -2.39. The van der Waals surface area contributed by atoms with E-state index in [0.717, 1.165) is 30.6 Å². The second-order valence-corrected chi connectivity index (χ2v) is 5.45. The summed E-state index contributed by atoms with van der Waals surface area (Å²) in [5.41, 5.74) is 6.88. The number of rotatable bonds is 6. The number of carbonyl (C=O) groups is 1. The fourth-order valence-electron chi connectivity index (χ4n) is 2.84. The Morgan fingerprint density at radius 2 is 2.10 bits per heavy atom. The lowest BCUT2D eigenvalue weighted by molar-refractivity contribution is -0.122. The van der Waals surface area contributed by atoms with Crippen molar-refractivity contribution in [3.8, 4) is 5.75 Å². The number of aryl methyl sites for hydroxylation is 1. The molecular weight excluding hydrogens is 252 g/mol. The average Bonchev–Trinajstić information content (AvgIpc) is 2.92.